The van der Waals surface area contributed by atoms with Gasteiger partial charge in [-0.25, -0.2) is 0 Å². The maximum Gasteiger partial charge on any atom is 0.231 e. The molecule has 3 rings (SSSR count). The molecular formula is C17H16BrNO2. The molecule has 0 aliphatic carbocycles. The lowest BCUT2D eigenvalue weighted by Gasteiger charge is -2.32. The van der Waals surface area contributed by atoms with Crippen LogP contribution in [0.1, 0.15) is 23.7 Å². The van der Waals surface area contributed by atoms with Crippen molar-refractivity contribution >= 4 is 27.5 Å². The van der Waals surface area contributed by atoms with E-state index >= 15 is 0 Å². The van der Waals surface area contributed by atoms with E-state index in [1.54, 1.807) is 4.90 Å². The largest absolute Gasteiger partial charge is 0.388 e. The number of aliphatic hydroxyl groups is 1. The lowest BCUT2D eigenvalue weighted by molar-refractivity contribution is -0.118. The Balaban J connectivity index is 1.82. The third-order valence-corrected chi connectivity index (χ3v) is 4.31. The van der Waals surface area contributed by atoms with Crippen LogP contribution in [-0.2, 0) is 11.2 Å². The zero-order chi connectivity index (χ0) is 14.8. The van der Waals surface area contributed by atoms with Crippen LogP contribution >= 0.6 is 15.9 Å². The summed E-state index contributed by atoms with van der Waals surface area (Å²) in [7, 11) is 0. The number of para-hydroxylation sites is 1. The minimum atomic E-state index is -0.474. The van der Waals surface area contributed by atoms with Crippen molar-refractivity contribution in [1.29, 1.82) is 0 Å². The Morgan fingerprint density at radius 3 is 2.67 bits per heavy atom. The number of anilines is 1. The number of carbonyl (C=O) groups excluding carboxylic acids is 1. The number of hydrogen-bond donors (Lipinski definition) is 1. The monoisotopic (exact) mass is 345 g/mol. The second kappa shape index (κ2) is 6.00. The number of benzene rings is 2. The van der Waals surface area contributed by atoms with Crippen LogP contribution in [0.4, 0.5) is 5.69 Å². The summed E-state index contributed by atoms with van der Waals surface area (Å²) in [5.74, 6) is 0.0664. The second-order valence-electron chi connectivity index (χ2n) is 5.21. The molecular weight excluding hydrogens is 330 g/mol. The van der Waals surface area contributed by atoms with Crippen LogP contribution < -0.4 is 4.90 Å². The van der Waals surface area contributed by atoms with Crippen molar-refractivity contribution in [2.24, 2.45) is 0 Å². The molecule has 1 amide bonds. The smallest absolute Gasteiger partial charge is 0.231 e. The van der Waals surface area contributed by atoms with Crippen LogP contribution in [0.2, 0.25) is 0 Å². The number of rotatable bonds is 2. The first-order valence-corrected chi connectivity index (χ1v) is 7.76. The quantitative estimate of drug-likeness (QED) is 0.905. The molecule has 1 heterocycles. The van der Waals surface area contributed by atoms with Gasteiger partial charge in [-0.3, -0.25) is 4.79 Å². The van der Waals surface area contributed by atoms with Crippen LogP contribution in [0, 0.1) is 0 Å². The normalized spacial score (nSPS) is 17.4. The van der Waals surface area contributed by atoms with Gasteiger partial charge in [-0.15, -0.1) is 0 Å². The number of fused-ring (bicyclic) bond motifs is 1. The molecule has 0 saturated carbocycles. The molecule has 21 heavy (non-hydrogen) atoms. The van der Waals surface area contributed by atoms with Crippen LogP contribution in [0.5, 0.6) is 0 Å². The number of amides is 1. The highest BCUT2D eigenvalue weighted by molar-refractivity contribution is 9.10. The maximum absolute atomic E-state index is 12.6. The molecule has 1 aliphatic rings. The summed E-state index contributed by atoms with van der Waals surface area (Å²) < 4.78 is 1.00. The van der Waals surface area contributed by atoms with E-state index in [4.69, 9.17) is 0 Å². The Morgan fingerprint density at radius 2 is 1.90 bits per heavy atom. The van der Waals surface area contributed by atoms with Crippen molar-refractivity contribution in [2.45, 2.75) is 18.9 Å². The molecule has 4 heteroatoms. The van der Waals surface area contributed by atoms with Crippen molar-refractivity contribution in [2.75, 3.05) is 11.4 Å². The molecule has 108 valence electrons. The van der Waals surface area contributed by atoms with Gasteiger partial charge in [0.25, 0.3) is 0 Å². The van der Waals surface area contributed by atoms with E-state index in [9.17, 15) is 9.90 Å². The van der Waals surface area contributed by atoms with Gasteiger partial charge in [-0.1, -0.05) is 46.3 Å². The summed E-state index contributed by atoms with van der Waals surface area (Å²) in [6.07, 6.45) is 0.485. The van der Waals surface area contributed by atoms with Crippen molar-refractivity contribution in [3.8, 4) is 0 Å². The summed E-state index contributed by atoms with van der Waals surface area (Å²) in [6, 6.07) is 15.4. The lowest BCUT2D eigenvalue weighted by Crippen LogP contribution is -2.37. The summed E-state index contributed by atoms with van der Waals surface area (Å²) >= 11 is 3.39. The van der Waals surface area contributed by atoms with Gasteiger partial charge in [0.05, 0.1) is 12.5 Å². The van der Waals surface area contributed by atoms with Crippen LogP contribution in [-0.4, -0.2) is 17.6 Å². The first kappa shape index (κ1) is 14.3. The van der Waals surface area contributed by atoms with Gasteiger partial charge in [-0.2, -0.15) is 0 Å². The van der Waals surface area contributed by atoms with E-state index in [1.807, 2.05) is 48.5 Å². The van der Waals surface area contributed by atoms with Gasteiger partial charge in [0.15, 0.2) is 0 Å². The van der Waals surface area contributed by atoms with Gasteiger partial charge in [0.1, 0.15) is 0 Å². The zero-order valence-corrected chi connectivity index (χ0v) is 13.1. The van der Waals surface area contributed by atoms with Crippen molar-refractivity contribution in [1.82, 2.24) is 0 Å². The topological polar surface area (TPSA) is 40.5 Å². The van der Waals surface area contributed by atoms with E-state index in [2.05, 4.69) is 15.9 Å². The van der Waals surface area contributed by atoms with E-state index in [0.717, 1.165) is 21.3 Å². The van der Waals surface area contributed by atoms with Crippen LogP contribution in [0.25, 0.3) is 0 Å². The molecule has 0 saturated heterocycles. The molecule has 0 aromatic heterocycles. The molecule has 0 fully saturated rings. The number of aliphatic hydroxyl groups excluding tert-OH is 1. The Morgan fingerprint density at radius 1 is 1.19 bits per heavy atom. The van der Waals surface area contributed by atoms with Crippen molar-refractivity contribution in [3.05, 3.63) is 64.1 Å². The SMILES string of the molecule is O=C(Cc1ccc(Br)cc1)N1CCC(O)c2ccccc21. The van der Waals surface area contributed by atoms with Crippen LogP contribution in [0.3, 0.4) is 0 Å². The predicted molar refractivity (Wildman–Crippen MR) is 86.2 cm³/mol. The maximum atomic E-state index is 12.6. The molecule has 3 nitrogen and oxygen atoms in total. The molecule has 0 radical (unpaired) electrons. The first-order chi connectivity index (χ1) is 10.1. The minimum Gasteiger partial charge on any atom is -0.388 e. The van der Waals surface area contributed by atoms with Gasteiger partial charge >= 0.3 is 0 Å². The second-order valence-corrected chi connectivity index (χ2v) is 6.13. The molecule has 1 aliphatic heterocycles. The third kappa shape index (κ3) is 3.01. The highest BCUT2D eigenvalue weighted by Gasteiger charge is 2.26. The zero-order valence-electron chi connectivity index (χ0n) is 11.5. The van der Waals surface area contributed by atoms with Gasteiger partial charge in [0, 0.05) is 22.3 Å². The summed E-state index contributed by atoms with van der Waals surface area (Å²) in [4.78, 5) is 14.3. The Bertz CT molecular complexity index is 654. The summed E-state index contributed by atoms with van der Waals surface area (Å²) in [5, 5.41) is 10.0. The number of hydrogen-bond acceptors (Lipinski definition) is 2. The summed E-state index contributed by atoms with van der Waals surface area (Å²) in [5.41, 5.74) is 2.66. The molecule has 1 N–H and O–H groups in total. The van der Waals surface area contributed by atoms with E-state index in [0.29, 0.717) is 19.4 Å². The molecule has 2 aromatic carbocycles. The third-order valence-electron chi connectivity index (χ3n) is 3.78. The summed E-state index contributed by atoms with van der Waals surface area (Å²) in [6.45, 7) is 0.563. The number of halogens is 1. The molecule has 0 spiro atoms. The molecule has 2 aromatic rings. The Hall–Kier alpha value is -1.65. The average molecular weight is 346 g/mol. The molecule has 1 atom stereocenters. The lowest BCUT2D eigenvalue weighted by atomic mass is 9.98. The fourth-order valence-electron chi connectivity index (χ4n) is 2.67. The van der Waals surface area contributed by atoms with Crippen molar-refractivity contribution in [3.63, 3.8) is 0 Å². The molecule has 1 unspecified atom stereocenters. The van der Waals surface area contributed by atoms with Crippen LogP contribution in [0.15, 0.2) is 53.0 Å². The number of carbonyl (C=O) groups is 1. The van der Waals surface area contributed by atoms with Gasteiger partial charge in [-0.05, 0) is 30.2 Å². The fourth-order valence-corrected chi connectivity index (χ4v) is 2.94. The minimum absolute atomic E-state index is 0.0664. The van der Waals surface area contributed by atoms with Crippen molar-refractivity contribution < 1.29 is 9.90 Å². The first-order valence-electron chi connectivity index (χ1n) is 6.97. The van der Waals surface area contributed by atoms with Gasteiger partial charge in [0.2, 0.25) is 5.91 Å². The highest BCUT2D eigenvalue weighted by atomic mass is 79.9. The number of nitrogens with zero attached hydrogens (tertiary/aromatic N) is 1. The van der Waals surface area contributed by atoms with Gasteiger partial charge < -0.3 is 10.0 Å². The molecule has 0 bridgehead atoms. The van der Waals surface area contributed by atoms with E-state index < -0.39 is 6.10 Å². The average Bonchev–Trinajstić information content (AvgIpc) is 2.50. The highest BCUT2D eigenvalue weighted by Crippen LogP contribution is 2.33. The predicted octanol–water partition coefficient (Wildman–Crippen LogP) is 3.46. The van der Waals surface area contributed by atoms with E-state index in [-0.39, 0.29) is 5.91 Å². The standard InChI is InChI=1S/C17H16BrNO2/c18-13-7-5-12(6-8-13)11-17(21)19-10-9-16(20)14-3-1-2-4-15(14)19/h1-8,16,20H,9-11H2. The Kier molecular flexibility index (Phi) is 4.08. The fraction of sp³-hybridized carbons (Fsp3) is 0.235. The van der Waals surface area contributed by atoms with E-state index in [1.165, 1.54) is 0 Å². The Labute approximate surface area is 132 Å².